The molecule has 114 valence electrons. The number of aliphatic hydroxyl groups excluding tert-OH is 1. The third-order valence-electron chi connectivity index (χ3n) is 2.61. The Morgan fingerprint density at radius 2 is 2.20 bits per heavy atom. The van der Waals surface area contributed by atoms with Gasteiger partial charge in [0, 0.05) is 13.1 Å². The van der Waals surface area contributed by atoms with Crippen molar-refractivity contribution in [2.45, 2.75) is 19.1 Å². The number of rotatable bonds is 7. The Labute approximate surface area is 126 Å². The second kappa shape index (κ2) is 7.16. The number of hydrogen-bond donors (Lipinski definition) is 3. The van der Waals surface area contributed by atoms with Gasteiger partial charge in [-0.1, -0.05) is 0 Å². The molecule has 0 saturated heterocycles. The molecule has 1 aromatic rings. The van der Waals surface area contributed by atoms with E-state index in [-0.39, 0.29) is 25.3 Å². The standard InChI is InChI=1S/C12H21BrN4O3/c1-12(20,8-16(2)3)7-14-9-6-15-17(4-5-18)11(19)10(9)13/h6,14,18,20H,4-5,7-8H2,1-3H3. The first kappa shape index (κ1) is 17.1. The normalized spacial score (nSPS) is 14.3. The summed E-state index contributed by atoms with van der Waals surface area (Å²) in [6.07, 6.45) is 1.49. The fraction of sp³-hybridized carbons (Fsp3) is 0.667. The maximum absolute atomic E-state index is 11.9. The molecule has 1 unspecified atom stereocenters. The highest BCUT2D eigenvalue weighted by Gasteiger charge is 2.21. The van der Waals surface area contributed by atoms with Gasteiger partial charge >= 0.3 is 0 Å². The van der Waals surface area contributed by atoms with Crippen molar-refractivity contribution in [3.05, 3.63) is 21.0 Å². The molecule has 0 spiro atoms. The van der Waals surface area contributed by atoms with Crippen molar-refractivity contribution in [2.24, 2.45) is 0 Å². The van der Waals surface area contributed by atoms with Crippen molar-refractivity contribution >= 4 is 21.6 Å². The lowest BCUT2D eigenvalue weighted by atomic mass is 10.1. The van der Waals surface area contributed by atoms with Gasteiger partial charge in [0.1, 0.15) is 4.47 Å². The Morgan fingerprint density at radius 3 is 2.75 bits per heavy atom. The Bertz CT molecular complexity index is 502. The van der Waals surface area contributed by atoms with Gasteiger partial charge in [0.05, 0.1) is 30.6 Å². The van der Waals surface area contributed by atoms with Crippen LogP contribution in [0.1, 0.15) is 6.92 Å². The van der Waals surface area contributed by atoms with Crippen LogP contribution in [0.25, 0.3) is 0 Å². The van der Waals surface area contributed by atoms with Crippen LogP contribution in [0.3, 0.4) is 0 Å². The van der Waals surface area contributed by atoms with Crippen LogP contribution < -0.4 is 10.9 Å². The zero-order valence-corrected chi connectivity index (χ0v) is 13.5. The third-order valence-corrected chi connectivity index (χ3v) is 3.38. The van der Waals surface area contributed by atoms with Gasteiger partial charge in [0.2, 0.25) is 0 Å². The molecular weight excluding hydrogens is 328 g/mol. The molecule has 0 aromatic carbocycles. The van der Waals surface area contributed by atoms with Crippen LogP contribution >= 0.6 is 15.9 Å². The summed E-state index contributed by atoms with van der Waals surface area (Å²) in [6.45, 7) is 2.50. The first-order valence-electron chi connectivity index (χ1n) is 6.24. The zero-order chi connectivity index (χ0) is 15.3. The zero-order valence-electron chi connectivity index (χ0n) is 11.9. The fourth-order valence-electron chi connectivity index (χ4n) is 1.87. The van der Waals surface area contributed by atoms with E-state index in [1.165, 1.54) is 10.9 Å². The highest BCUT2D eigenvalue weighted by Crippen LogP contribution is 2.17. The highest BCUT2D eigenvalue weighted by atomic mass is 79.9. The predicted molar refractivity (Wildman–Crippen MR) is 81.0 cm³/mol. The highest BCUT2D eigenvalue weighted by molar-refractivity contribution is 9.10. The Morgan fingerprint density at radius 1 is 1.55 bits per heavy atom. The van der Waals surface area contributed by atoms with Crippen LogP contribution in [0.15, 0.2) is 15.5 Å². The molecule has 0 fully saturated rings. The monoisotopic (exact) mass is 348 g/mol. The average Bonchev–Trinajstić information content (AvgIpc) is 2.33. The Hall–Kier alpha value is -0.960. The van der Waals surface area contributed by atoms with Gasteiger partial charge < -0.3 is 20.4 Å². The SMILES string of the molecule is CN(C)CC(C)(O)CNc1cnn(CCO)c(=O)c1Br. The molecule has 3 N–H and O–H groups in total. The third kappa shape index (κ3) is 4.86. The van der Waals surface area contributed by atoms with Gasteiger partial charge in [-0.3, -0.25) is 4.79 Å². The molecule has 1 heterocycles. The summed E-state index contributed by atoms with van der Waals surface area (Å²) in [5.74, 6) is 0. The Kier molecular flexibility index (Phi) is 6.12. The van der Waals surface area contributed by atoms with Crippen molar-refractivity contribution in [3.63, 3.8) is 0 Å². The van der Waals surface area contributed by atoms with Gasteiger partial charge in [-0.15, -0.1) is 0 Å². The largest absolute Gasteiger partial charge is 0.394 e. The minimum absolute atomic E-state index is 0.149. The number of aromatic nitrogens is 2. The maximum atomic E-state index is 11.9. The summed E-state index contributed by atoms with van der Waals surface area (Å²) >= 11 is 3.21. The van der Waals surface area contributed by atoms with Crippen LogP contribution in [-0.2, 0) is 6.54 Å². The number of halogens is 1. The molecule has 0 radical (unpaired) electrons. The molecule has 1 aromatic heterocycles. The summed E-state index contributed by atoms with van der Waals surface area (Å²) in [5, 5.41) is 26.0. The van der Waals surface area contributed by atoms with Crippen LogP contribution in [0.5, 0.6) is 0 Å². The van der Waals surface area contributed by atoms with E-state index in [1.54, 1.807) is 6.92 Å². The number of anilines is 1. The molecule has 0 aliphatic carbocycles. The summed E-state index contributed by atoms with van der Waals surface area (Å²) in [4.78, 5) is 13.8. The second-order valence-corrected chi connectivity index (χ2v) is 6.01. The first-order valence-corrected chi connectivity index (χ1v) is 7.03. The van der Waals surface area contributed by atoms with E-state index in [2.05, 4.69) is 26.3 Å². The van der Waals surface area contributed by atoms with Gasteiger partial charge in [0.15, 0.2) is 0 Å². The number of nitrogens with zero attached hydrogens (tertiary/aromatic N) is 3. The minimum Gasteiger partial charge on any atom is -0.394 e. The summed E-state index contributed by atoms with van der Waals surface area (Å²) in [6, 6.07) is 0. The molecule has 7 nitrogen and oxygen atoms in total. The van der Waals surface area contributed by atoms with E-state index < -0.39 is 5.60 Å². The summed E-state index contributed by atoms with van der Waals surface area (Å²) < 4.78 is 1.51. The summed E-state index contributed by atoms with van der Waals surface area (Å²) in [5.41, 5.74) is -0.734. The predicted octanol–water partition coefficient (Wildman–Crippen LogP) is -0.277. The number of aliphatic hydroxyl groups is 2. The minimum atomic E-state index is -0.928. The Balaban J connectivity index is 2.79. The maximum Gasteiger partial charge on any atom is 0.283 e. The van der Waals surface area contributed by atoms with E-state index >= 15 is 0 Å². The average molecular weight is 349 g/mol. The van der Waals surface area contributed by atoms with E-state index in [0.29, 0.717) is 16.7 Å². The van der Waals surface area contributed by atoms with Crippen LogP contribution in [0.4, 0.5) is 5.69 Å². The van der Waals surface area contributed by atoms with E-state index in [1.807, 2.05) is 19.0 Å². The number of hydrogen-bond acceptors (Lipinski definition) is 6. The van der Waals surface area contributed by atoms with E-state index in [4.69, 9.17) is 5.11 Å². The number of nitrogens with one attached hydrogen (secondary N) is 1. The van der Waals surface area contributed by atoms with Gasteiger partial charge in [-0.05, 0) is 36.9 Å². The molecule has 0 aliphatic rings. The van der Waals surface area contributed by atoms with Gasteiger partial charge in [-0.2, -0.15) is 5.10 Å². The number of likely N-dealkylation sites (N-methyl/N-ethyl adjacent to an activating group) is 1. The van der Waals surface area contributed by atoms with Gasteiger partial charge in [-0.25, -0.2) is 4.68 Å². The molecule has 0 saturated carbocycles. The quantitative estimate of drug-likeness (QED) is 0.628. The van der Waals surface area contributed by atoms with Crippen LogP contribution in [-0.4, -0.2) is 64.3 Å². The lowest BCUT2D eigenvalue weighted by molar-refractivity contribution is 0.0459. The van der Waals surface area contributed by atoms with Crippen LogP contribution in [0, 0.1) is 0 Å². The molecule has 0 amide bonds. The second-order valence-electron chi connectivity index (χ2n) is 5.21. The van der Waals surface area contributed by atoms with E-state index in [0.717, 1.165) is 0 Å². The van der Waals surface area contributed by atoms with Crippen molar-refractivity contribution in [2.75, 3.05) is 39.1 Å². The smallest absolute Gasteiger partial charge is 0.283 e. The first-order chi connectivity index (χ1) is 9.26. The van der Waals surface area contributed by atoms with Crippen LogP contribution in [0.2, 0.25) is 0 Å². The fourth-order valence-corrected chi connectivity index (χ4v) is 2.31. The summed E-state index contributed by atoms with van der Waals surface area (Å²) in [7, 11) is 3.75. The van der Waals surface area contributed by atoms with Crippen molar-refractivity contribution in [1.82, 2.24) is 14.7 Å². The van der Waals surface area contributed by atoms with Crippen molar-refractivity contribution < 1.29 is 10.2 Å². The lowest BCUT2D eigenvalue weighted by Crippen LogP contribution is -2.43. The van der Waals surface area contributed by atoms with E-state index in [9.17, 15) is 9.90 Å². The van der Waals surface area contributed by atoms with Gasteiger partial charge in [0.25, 0.3) is 5.56 Å². The topological polar surface area (TPSA) is 90.6 Å². The molecule has 1 atom stereocenters. The molecular formula is C12H21BrN4O3. The molecule has 1 rings (SSSR count). The molecule has 0 bridgehead atoms. The lowest BCUT2D eigenvalue weighted by Gasteiger charge is -2.27. The van der Waals surface area contributed by atoms with Crippen molar-refractivity contribution in [1.29, 1.82) is 0 Å². The molecule has 20 heavy (non-hydrogen) atoms. The van der Waals surface area contributed by atoms with Crippen molar-refractivity contribution in [3.8, 4) is 0 Å². The molecule has 0 aliphatic heterocycles. The molecule has 8 heteroatoms.